The van der Waals surface area contributed by atoms with E-state index >= 15 is 0 Å². The maximum absolute atomic E-state index is 13.7. The van der Waals surface area contributed by atoms with Crippen molar-refractivity contribution in [2.45, 2.75) is 20.4 Å². The molecule has 2 aromatic rings. The van der Waals surface area contributed by atoms with E-state index in [2.05, 4.69) is 29.0 Å². The Morgan fingerprint density at radius 1 is 1.19 bits per heavy atom. The van der Waals surface area contributed by atoms with E-state index in [4.69, 9.17) is 11.6 Å². The highest BCUT2D eigenvalue weighted by atomic mass is 35.5. The third-order valence-corrected chi connectivity index (χ3v) is 3.57. The SMILES string of the molecule is CCN(CC)c1ccc(NCc2ccc(Cl)cc2F)cn1. The first-order valence-corrected chi connectivity index (χ1v) is 7.40. The minimum Gasteiger partial charge on any atom is -0.380 e. The van der Waals surface area contributed by atoms with Crippen LogP contribution in [-0.4, -0.2) is 18.1 Å². The van der Waals surface area contributed by atoms with Gasteiger partial charge >= 0.3 is 0 Å². The predicted octanol–water partition coefficient (Wildman–Crippen LogP) is 4.33. The lowest BCUT2D eigenvalue weighted by molar-refractivity contribution is 0.613. The zero-order valence-corrected chi connectivity index (χ0v) is 13.0. The fraction of sp³-hybridized carbons (Fsp3) is 0.312. The number of rotatable bonds is 6. The van der Waals surface area contributed by atoms with Crippen LogP contribution in [0.3, 0.4) is 0 Å². The largest absolute Gasteiger partial charge is 0.380 e. The number of hydrogen-bond donors (Lipinski definition) is 1. The summed E-state index contributed by atoms with van der Waals surface area (Å²) in [5, 5.41) is 3.56. The number of nitrogens with zero attached hydrogens (tertiary/aromatic N) is 2. The summed E-state index contributed by atoms with van der Waals surface area (Å²) in [5.74, 6) is 0.644. The topological polar surface area (TPSA) is 28.2 Å². The van der Waals surface area contributed by atoms with Gasteiger partial charge in [0.05, 0.1) is 11.9 Å². The van der Waals surface area contributed by atoms with E-state index in [9.17, 15) is 4.39 Å². The Morgan fingerprint density at radius 2 is 1.95 bits per heavy atom. The maximum atomic E-state index is 13.7. The van der Waals surface area contributed by atoms with Crippen molar-refractivity contribution in [1.29, 1.82) is 0 Å². The molecule has 0 fully saturated rings. The molecular weight excluding hydrogens is 289 g/mol. The van der Waals surface area contributed by atoms with Gasteiger partial charge in [0.1, 0.15) is 11.6 Å². The average Bonchev–Trinajstić information content (AvgIpc) is 2.49. The first kappa shape index (κ1) is 15.6. The minimum absolute atomic E-state index is 0.303. The lowest BCUT2D eigenvalue weighted by atomic mass is 10.2. The zero-order valence-electron chi connectivity index (χ0n) is 12.2. The molecule has 1 heterocycles. The van der Waals surface area contributed by atoms with Gasteiger partial charge in [-0.1, -0.05) is 17.7 Å². The molecule has 112 valence electrons. The molecule has 0 bridgehead atoms. The molecule has 1 N–H and O–H groups in total. The monoisotopic (exact) mass is 307 g/mol. The van der Waals surface area contributed by atoms with Gasteiger partial charge in [0, 0.05) is 30.2 Å². The van der Waals surface area contributed by atoms with Gasteiger partial charge < -0.3 is 10.2 Å². The molecule has 5 heteroatoms. The normalized spacial score (nSPS) is 10.5. The molecule has 0 aliphatic heterocycles. The first-order chi connectivity index (χ1) is 10.1. The van der Waals surface area contributed by atoms with Gasteiger partial charge in [-0.2, -0.15) is 0 Å². The molecule has 1 aromatic heterocycles. The Hall–Kier alpha value is -1.81. The zero-order chi connectivity index (χ0) is 15.2. The van der Waals surface area contributed by atoms with Gasteiger partial charge in [0.2, 0.25) is 0 Å². The van der Waals surface area contributed by atoms with Gasteiger partial charge in [-0.3, -0.25) is 0 Å². The lowest BCUT2D eigenvalue weighted by Crippen LogP contribution is -2.22. The van der Waals surface area contributed by atoms with Crippen LogP contribution < -0.4 is 10.2 Å². The highest BCUT2D eigenvalue weighted by Gasteiger charge is 2.05. The molecule has 0 aliphatic carbocycles. The Labute approximate surface area is 129 Å². The van der Waals surface area contributed by atoms with E-state index in [1.807, 2.05) is 12.1 Å². The molecule has 3 nitrogen and oxygen atoms in total. The van der Waals surface area contributed by atoms with Gasteiger partial charge in [-0.25, -0.2) is 9.37 Å². The summed E-state index contributed by atoms with van der Waals surface area (Å²) in [6.07, 6.45) is 1.77. The molecule has 0 unspecified atom stereocenters. The number of nitrogens with one attached hydrogen (secondary N) is 1. The minimum atomic E-state index is -0.303. The average molecular weight is 308 g/mol. The van der Waals surface area contributed by atoms with Gasteiger partial charge in [0.25, 0.3) is 0 Å². The predicted molar refractivity (Wildman–Crippen MR) is 86.5 cm³/mol. The third kappa shape index (κ3) is 4.08. The molecule has 0 amide bonds. The van der Waals surface area contributed by atoms with Crippen LogP contribution in [0, 0.1) is 5.82 Å². The second-order valence-electron chi connectivity index (χ2n) is 4.67. The van der Waals surface area contributed by atoms with Crippen LogP contribution in [0.4, 0.5) is 15.9 Å². The van der Waals surface area contributed by atoms with E-state index in [1.54, 1.807) is 18.3 Å². The standard InChI is InChI=1S/C16H19ClFN3/c1-3-21(4-2)16-8-7-14(11-20-16)19-10-12-5-6-13(17)9-15(12)18/h5-9,11,19H,3-4,10H2,1-2H3. The molecular formula is C16H19ClFN3. The van der Waals surface area contributed by atoms with E-state index < -0.39 is 0 Å². The maximum Gasteiger partial charge on any atom is 0.129 e. The molecule has 0 saturated carbocycles. The van der Waals surface area contributed by atoms with Gasteiger partial charge in [-0.15, -0.1) is 0 Å². The molecule has 2 rings (SSSR count). The fourth-order valence-corrected chi connectivity index (χ4v) is 2.25. The van der Waals surface area contributed by atoms with Crippen LogP contribution in [-0.2, 0) is 6.54 Å². The summed E-state index contributed by atoms with van der Waals surface area (Å²) in [6.45, 7) is 6.44. The Balaban J connectivity index is 2.00. The summed E-state index contributed by atoms with van der Waals surface area (Å²) in [6, 6.07) is 8.61. The Bertz CT molecular complexity index is 583. The van der Waals surface area contributed by atoms with E-state index in [1.165, 1.54) is 6.07 Å². The quantitative estimate of drug-likeness (QED) is 0.861. The Morgan fingerprint density at radius 3 is 2.52 bits per heavy atom. The molecule has 0 spiro atoms. The summed E-state index contributed by atoms with van der Waals surface area (Å²) >= 11 is 5.73. The van der Waals surface area contributed by atoms with Crippen molar-refractivity contribution >= 4 is 23.1 Å². The summed E-state index contributed by atoms with van der Waals surface area (Å²) in [7, 11) is 0. The van der Waals surface area contributed by atoms with Crippen molar-refractivity contribution in [3.05, 3.63) is 52.9 Å². The van der Waals surface area contributed by atoms with Crippen molar-refractivity contribution in [2.24, 2.45) is 0 Å². The van der Waals surface area contributed by atoms with E-state index in [-0.39, 0.29) is 5.82 Å². The lowest BCUT2D eigenvalue weighted by Gasteiger charge is -2.19. The number of hydrogen-bond acceptors (Lipinski definition) is 3. The van der Waals surface area contributed by atoms with Crippen LogP contribution in [0.1, 0.15) is 19.4 Å². The van der Waals surface area contributed by atoms with Crippen molar-refractivity contribution < 1.29 is 4.39 Å². The third-order valence-electron chi connectivity index (χ3n) is 3.33. The van der Waals surface area contributed by atoms with Crippen LogP contribution in [0.25, 0.3) is 0 Å². The molecule has 0 atom stereocenters. The molecule has 1 aromatic carbocycles. The number of anilines is 2. The summed E-state index contributed by atoms with van der Waals surface area (Å²) in [4.78, 5) is 6.59. The van der Waals surface area contributed by atoms with E-state index in [0.717, 1.165) is 24.6 Å². The van der Waals surface area contributed by atoms with Crippen LogP contribution in [0.5, 0.6) is 0 Å². The van der Waals surface area contributed by atoms with Crippen LogP contribution >= 0.6 is 11.6 Å². The number of benzene rings is 1. The summed E-state index contributed by atoms with van der Waals surface area (Å²) < 4.78 is 13.7. The van der Waals surface area contributed by atoms with Crippen molar-refractivity contribution in [3.8, 4) is 0 Å². The first-order valence-electron chi connectivity index (χ1n) is 7.02. The second kappa shape index (κ2) is 7.27. The Kier molecular flexibility index (Phi) is 5.39. The molecule has 0 radical (unpaired) electrons. The van der Waals surface area contributed by atoms with E-state index in [0.29, 0.717) is 17.1 Å². The van der Waals surface area contributed by atoms with Crippen molar-refractivity contribution in [2.75, 3.05) is 23.3 Å². The van der Waals surface area contributed by atoms with Crippen LogP contribution in [0.2, 0.25) is 5.02 Å². The highest BCUT2D eigenvalue weighted by molar-refractivity contribution is 6.30. The smallest absolute Gasteiger partial charge is 0.129 e. The summed E-state index contributed by atoms with van der Waals surface area (Å²) in [5.41, 5.74) is 1.44. The van der Waals surface area contributed by atoms with Gasteiger partial charge in [0.15, 0.2) is 0 Å². The number of pyridine rings is 1. The number of aromatic nitrogens is 1. The van der Waals surface area contributed by atoms with Crippen LogP contribution in [0.15, 0.2) is 36.5 Å². The molecule has 21 heavy (non-hydrogen) atoms. The van der Waals surface area contributed by atoms with Crippen molar-refractivity contribution in [1.82, 2.24) is 4.98 Å². The molecule has 0 saturated heterocycles. The number of halogens is 2. The van der Waals surface area contributed by atoms with Gasteiger partial charge in [-0.05, 0) is 38.1 Å². The fourth-order valence-electron chi connectivity index (χ4n) is 2.09. The van der Waals surface area contributed by atoms with Crippen molar-refractivity contribution in [3.63, 3.8) is 0 Å². The highest BCUT2D eigenvalue weighted by Crippen LogP contribution is 2.17. The molecule has 0 aliphatic rings. The second-order valence-corrected chi connectivity index (χ2v) is 5.10.